The molecule has 0 fully saturated rings. The average Bonchev–Trinajstić information content (AvgIpc) is 2.83. The zero-order valence-corrected chi connectivity index (χ0v) is 12.0. The Hall–Kier alpha value is -1.91. The van der Waals surface area contributed by atoms with Gasteiger partial charge in [-0.2, -0.15) is 5.10 Å². The lowest BCUT2D eigenvalue weighted by Gasteiger charge is -2.25. The molecule has 0 radical (unpaired) electrons. The third-order valence-electron chi connectivity index (χ3n) is 3.61. The summed E-state index contributed by atoms with van der Waals surface area (Å²) in [6.07, 6.45) is 2.17. The Labute approximate surface area is 118 Å². The summed E-state index contributed by atoms with van der Waals surface area (Å²) < 4.78 is 15.0. The number of fused-ring (bicyclic) bond motifs is 1. The van der Waals surface area contributed by atoms with Crippen LogP contribution in [0.4, 0.5) is 10.2 Å². The molecular weight excluding hydrogens is 255 g/mol. The van der Waals surface area contributed by atoms with Crippen molar-refractivity contribution in [1.29, 1.82) is 0 Å². The molecule has 2 aromatic rings. The van der Waals surface area contributed by atoms with E-state index >= 15 is 0 Å². The van der Waals surface area contributed by atoms with Crippen LogP contribution in [0.15, 0.2) is 24.4 Å². The molecular formula is C15H19FN4. The average molecular weight is 274 g/mol. The lowest BCUT2D eigenvalue weighted by molar-refractivity contribution is 0.453. The fraction of sp³-hybridized carbons (Fsp3) is 0.467. The third-order valence-corrected chi connectivity index (χ3v) is 3.61. The van der Waals surface area contributed by atoms with E-state index < -0.39 is 0 Å². The van der Waals surface area contributed by atoms with E-state index in [2.05, 4.69) is 37.1 Å². The second-order valence-electron chi connectivity index (χ2n) is 6.24. The van der Waals surface area contributed by atoms with Gasteiger partial charge in [-0.25, -0.2) is 9.07 Å². The molecule has 3 heterocycles. The van der Waals surface area contributed by atoms with E-state index in [0.29, 0.717) is 0 Å². The molecule has 1 atom stereocenters. The summed E-state index contributed by atoms with van der Waals surface area (Å²) >= 11 is 0. The normalized spacial score (nSPS) is 18.5. The molecule has 0 aromatic carbocycles. The van der Waals surface area contributed by atoms with Crippen LogP contribution in [0.1, 0.15) is 44.6 Å². The summed E-state index contributed by atoms with van der Waals surface area (Å²) in [5, 5.41) is 8.09. The van der Waals surface area contributed by atoms with Gasteiger partial charge >= 0.3 is 0 Å². The van der Waals surface area contributed by atoms with E-state index in [1.165, 1.54) is 12.3 Å². The predicted octanol–water partition coefficient (Wildman–Crippen LogP) is 3.12. The number of aromatic nitrogens is 3. The van der Waals surface area contributed by atoms with Crippen molar-refractivity contribution >= 4 is 5.82 Å². The van der Waals surface area contributed by atoms with E-state index in [1.807, 2.05) is 4.68 Å². The SMILES string of the molecule is CC(C)(C)c1cc2n(n1)C(c1ccc(F)cn1)CCN2. The van der Waals surface area contributed by atoms with E-state index in [4.69, 9.17) is 5.10 Å². The Bertz CT molecular complexity index is 610. The summed E-state index contributed by atoms with van der Waals surface area (Å²) in [5.41, 5.74) is 1.92. The third kappa shape index (κ3) is 2.28. The van der Waals surface area contributed by atoms with Crippen LogP contribution in [-0.2, 0) is 5.41 Å². The zero-order valence-electron chi connectivity index (χ0n) is 12.0. The Balaban J connectivity index is 2.01. The minimum Gasteiger partial charge on any atom is -0.370 e. The van der Waals surface area contributed by atoms with Gasteiger partial charge in [-0.1, -0.05) is 20.8 Å². The standard InChI is InChI=1S/C15H19FN4/c1-15(2,3)13-8-14-17-7-6-12(20(14)19-13)11-5-4-10(16)9-18-11/h4-5,8-9,12,17H,6-7H2,1-3H3. The van der Waals surface area contributed by atoms with E-state index in [9.17, 15) is 4.39 Å². The van der Waals surface area contributed by atoms with Gasteiger partial charge in [0.1, 0.15) is 11.6 Å². The van der Waals surface area contributed by atoms with Crippen LogP contribution in [0, 0.1) is 5.82 Å². The number of hydrogen-bond acceptors (Lipinski definition) is 3. The topological polar surface area (TPSA) is 42.7 Å². The van der Waals surface area contributed by atoms with Gasteiger partial charge in [-0.3, -0.25) is 4.98 Å². The Morgan fingerprint density at radius 2 is 2.15 bits per heavy atom. The van der Waals surface area contributed by atoms with Crippen LogP contribution < -0.4 is 5.32 Å². The van der Waals surface area contributed by atoms with Crippen molar-refractivity contribution < 1.29 is 4.39 Å². The van der Waals surface area contributed by atoms with Crippen molar-refractivity contribution in [1.82, 2.24) is 14.8 Å². The molecule has 0 bridgehead atoms. The van der Waals surface area contributed by atoms with Crippen LogP contribution >= 0.6 is 0 Å². The van der Waals surface area contributed by atoms with Gasteiger partial charge in [-0.05, 0) is 18.6 Å². The van der Waals surface area contributed by atoms with Crippen molar-refractivity contribution in [2.45, 2.75) is 38.6 Å². The van der Waals surface area contributed by atoms with E-state index in [1.54, 1.807) is 6.07 Å². The Morgan fingerprint density at radius 3 is 2.80 bits per heavy atom. The number of halogens is 1. The number of nitrogens with zero attached hydrogens (tertiary/aromatic N) is 3. The second-order valence-corrected chi connectivity index (χ2v) is 6.24. The minimum atomic E-state index is -0.307. The highest BCUT2D eigenvalue weighted by Crippen LogP contribution is 2.32. The van der Waals surface area contributed by atoms with Gasteiger partial charge in [0.25, 0.3) is 0 Å². The maximum atomic E-state index is 13.0. The van der Waals surface area contributed by atoms with Crippen LogP contribution in [0.5, 0.6) is 0 Å². The predicted molar refractivity (Wildman–Crippen MR) is 76.4 cm³/mol. The zero-order chi connectivity index (χ0) is 14.3. The molecule has 1 aliphatic rings. The van der Waals surface area contributed by atoms with Crippen molar-refractivity contribution in [3.63, 3.8) is 0 Å². The number of pyridine rings is 1. The fourth-order valence-corrected chi connectivity index (χ4v) is 2.45. The highest BCUT2D eigenvalue weighted by molar-refractivity contribution is 5.42. The number of rotatable bonds is 1. The summed E-state index contributed by atoms with van der Waals surface area (Å²) in [4.78, 5) is 4.21. The van der Waals surface area contributed by atoms with Crippen molar-refractivity contribution in [2.24, 2.45) is 0 Å². The first-order chi connectivity index (χ1) is 9.45. The fourth-order valence-electron chi connectivity index (χ4n) is 2.45. The number of hydrogen-bond donors (Lipinski definition) is 1. The number of nitrogens with one attached hydrogen (secondary N) is 1. The van der Waals surface area contributed by atoms with Gasteiger partial charge in [0.2, 0.25) is 0 Å². The summed E-state index contributed by atoms with van der Waals surface area (Å²) in [5.74, 6) is 0.705. The molecule has 0 spiro atoms. The van der Waals surface area contributed by atoms with E-state index in [0.717, 1.165) is 30.2 Å². The molecule has 0 amide bonds. The molecule has 106 valence electrons. The summed E-state index contributed by atoms with van der Waals surface area (Å²) in [6, 6.07) is 5.37. The van der Waals surface area contributed by atoms with Crippen LogP contribution in [0.3, 0.4) is 0 Å². The highest BCUT2D eigenvalue weighted by atomic mass is 19.1. The van der Waals surface area contributed by atoms with E-state index in [-0.39, 0.29) is 17.3 Å². The lowest BCUT2D eigenvalue weighted by atomic mass is 9.92. The maximum Gasteiger partial charge on any atom is 0.141 e. The largest absolute Gasteiger partial charge is 0.370 e. The number of anilines is 1. The van der Waals surface area contributed by atoms with Crippen molar-refractivity contribution in [3.05, 3.63) is 41.6 Å². The highest BCUT2D eigenvalue weighted by Gasteiger charge is 2.27. The molecule has 3 rings (SSSR count). The maximum absolute atomic E-state index is 13.0. The molecule has 0 aliphatic carbocycles. The molecule has 1 unspecified atom stereocenters. The Morgan fingerprint density at radius 1 is 1.35 bits per heavy atom. The molecule has 0 saturated carbocycles. The molecule has 1 N–H and O–H groups in total. The molecule has 0 saturated heterocycles. The van der Waals surface area contributed by atoms with Crippen molar-refractivity contribution in [2.75, 3.05) is 11.9 Å². The monoisotopic (exact) mass is 274 g/mol. The van der Waals surface area contributed by atoms with Gasteiger partial charge in [0, 0.05) is 18.0 Å². The van der Waals surface area contributed by atoms with Gasteiger partial charge < -0.3 is 5.32 Å². The molecule has 2 aromatic heterocycles. The van der Waals surface area contributed by atoms with Gasteiger partial charge in [-0.15, -0.1) is 0 Å². The molecule has 1 aliphatic heterocycles. The van der Waals surface area contributed by atoms with Crippen LogP contribution in [0.2, 0.25) is 0 Å². The lowest BCUT2D eigenvalue weighted by Crippen LogP contribution is -2.25. The Kier molecular flexibility index (Phi) is 3.00. The van der Waals surface area contributed by atoms with Crippen LogP contribution in [-0.4, -0.2) is 21.3 Å². The summed E-state index contributed by atoms with van der Waals surface area (Å²) in [6.45, 7) is 7.31. The van der Waals surface area contributed by atoms with Crippen molar-refractivity contribution in [3.8, 4) is 0 Å². The molecule has 20 heavy (non-hydrogen) atoms. The first-order valence-corrected chi connectivity index (χ1v) is 6.90. The summed E-state index contributed by atoms with van der Waals surface area (Å²) in [7, 11) is 0. The van der Waals surface area contributed by atoms with Gasteiger partial charge in [0.15, 0.2) is 0 Å². The second kappa shape index (κ2) is 4.58. The van der Waals surface area contributed by atoms with Gasteiger partial charge in [0.05, 0.1) is 23.6 Å². The minimum absolute atomic E-state index is 0.00674. The first kappa shape index (κ1) is 13.1. The smallest absolute Gasteiger partial charge is 0.141 e. The van der Waals surface area contributed by atoms with Crippen LogP contribution in [0.25, 0.3) is 0 Å². The first-order valence-electron chi connectivity index (χ1n) is 6.90. The molecule has 5 heteroatoms. The quantitative estimate of drug-likeness (QED) is 0.868. The molecule has 4 nitrogen and oxygen atoms in total.